The van der Waals surface area contributed by atoms with E-state index >= 15 is 0 Å². The Morgan fingerprint density at radius 2 is 1.88 bits per heavy atom. The number of esters is 1. The highest BCUT2D eigenvalue weighted by Gasteiger charge is 2.35. The normalized spacial score (nSPS) is 15.1. The molecule has 1 atom stereocenters. The molecular weight excluding hydrogens is 457 g/mol. The van der Waals surface area contributed by atoms with Gasteiger partial charge in [-0.15, -0.1) is 0 Å². The Bertz CT molecular complexity index is 1400. The van der Waals surface area contributed by atoms with Crippen LogP contribution in [0.1, 0.15) is 33.2 Å². The van der Waals surface area contributed by atoms with E-state index in [9.17, 15) is 14.0 Å². The highest BCUT2D eigenvalue weighted by molar-refractivity contribution is 6.31. The van der Waals surface area contributed by atoms with Gasteiger partial charge in [-0.1, -0.05) is 35.9 Å². The molecule has 4 aromatic rings. The van der Waals surface area contributed by atoms with Crippen LogP contribution in [0.4, 0.5) is 14.9 Å². The Hall–Kier alpha value is -3.84. The lowest BCUT2D eigenvalue weighted by Gasteiger charge is -2.36. The second-order valence-electron chi connectivity index (χ2n) is 8.07. The summed E-state index contributed by atoms with van der Waals surface area (Å²) >= 11 is 6.24. The topological polar surface area (TPSA) is 74.4 Å². The van der Waals surface area contributed by atoms with Crippen LogP contribution in [-0.2, 0) is 11.2 Å². The average molecular weight is 478 g/mol. The Morgan fingerprint density at radius 3 is 2.65 bits per heavy atom. The summed E-state index contributed by atoms with van der Waals surface area (Å²) in [5, 5.41) is 4.49. The van der Waals surface area contributed by atoms with Gasteiger partial charge in [0.25, 0.3) is 0 Å². The molecule has 34 heavy (non-hydrogen) atoms. The molecule has 2 amide bonds. The third-order valence-corrected chi connectivity index (χ3v) is 6.34. The molecule has 1 aliphatic heterocycles. The van der Waals surface area contributed by atoms with Gasteiger partial charge in [-0.3, -0.25) is 0 Å². The molecule has 0 radical (unpaired) electrons. The molecule has 2 heterocycles. The summed E-state index contributed by atoms with van der Waals surface area (Å²) in [6, 6.07) is 17.6. The predicted octanol–water partition coefficient (Wildman–Crippen LogP) is 5.93. The van der Waals surface area contributed by atoms with Gasteiger partial charge in [-0.05, 0) is 60.0 Å². The zero-order valence-electron chi connectivity index (χ0n) is 18.3. The highest BCUT2D eigenvalue weighted by atomic mass is 35.5. The number of nitrogens with zero attached hydrogens (tertiary/aromatic N) is 1. The number of halogens is 2. The number of ether oxygens (including phenoxy) is 1. The van der Waals surface area contributed by atoms with Crippen LogP contribution in [-0.4, -0.2) is 35.5 Å². The number of aromatic nitrogens is 1. The summed E-state index contributed by atoms with van der Waals surface area (Å²) in [6.45, 7) is 0.417. The van der Waals surface area contributed by atoms with Crippen molar-refractivity contribution in [1.29, 1.82) is 0 Å². The maximum Gasteiger partial charge on any atom is 0.339 e. The number of urea groups is 1. The summed E-state index contributed by atoms with van der Waals surface area (Å²) in [7, 11) is 1.29. The van der Waals surface area contributed by atoms with E-state index in [1.54, 1.807) is 41.3 Å². The minimum Gasteiger partial charge on any atom is -0.465 e. The molecule has 0 bridgehead atoms. The summed E-state index contributed by atoms with van der Waals surface area (Å²) in [4.78, 5) is 30.8. The molecule has 172 valence electrons. The fraction of sp³-hybridized carbons (Fsp3) is 0.154. The summed E-state index contributed by atoms with van der Waals surface area (Å²) in [6.07, 6.45) is 0.611. The molecule has 1 aliphatic rings. The smallest absolute Gasteiger partial charge is 0.339 e. The van der Waals surface area contributed by atoms with Crippen molar-refractivity contribution in [2.24, 2.45) is 0 Å². The molecule has 0 saturated heterocycles. The number of benzene rings is 3. The molecular formula is C26H21ClFN3O3. The molecule has 8 heteroatoms. The van der Waals surface area contributed by atoms with Crippen molar-refractivity contribution in [1.82, 2.24) is 9.88 Å². The molecule has 0 fully saturated rings. The number of amides is 2. The van der Waals surface area contributed by atoms with Crippen molar-refractivity contribution in [3.05, 3.63) is 100.0 Å². The van der Waals surface area contributed by atoms with E-state index in [2.05, 4.69) is 10.3 Å². The number of para-hydroxylation sites is 1. The van der Waals surface area contributed by atoms with E-state index in [0.717, 1.165) is 27.7 Å². The SMILES string of the molecule is COC(=O)c1ccccc1NC(=O)N1CCc2c([nH]c3ccc(Cl)cc23)C1c1ccc(F)cc1. The largest absolute Gasteiger partial charge is 0.465 e. The second kappa shape index (κ2) is 8.83. The van der Waals surface area contributed by atoms with Gasteiger partial charge in [0.05, 0.1) is 24.4 Å². The number of rotatable bonds is 3. The molecule has 6 nitrogen and oxygen atoms in total. The lowest BCUT2D eigenvalue weighted by Crippen LogP contribution is -2.43. The van der Waals surface area contributed by atoms with Crippen molar-refractivity contribution in [3.63, 3.8) is 0 Å². The number of H-pyrrole nitrogens is 1. The number of anilines is 1. The van der Waals surface area contributed by atoms with Crippen molar-refractivity contribution in [3.8, 4) is 0 Å². The van der Waals surface area contributed by atoms with Gasteiger partial charge >= 0.3 is 12.0 Å². The first kappa shape index (κ1) is 22.0. The minimum absolute atomic E-state index is 0.259. The van der Waals surface area contributed by atoms with Gasteiger partial charge in [0.2, 0.25) is 0 Å². The van der Waals surface area contributed by atoms with Crippen LogP contribution in [0, 0.1) is 5.82 Å². The molecule has 0 saturated carbocycles. The van der Waals surface area contributed by atoms with E-state index in [1.807, 2.05) is 18.2 Å². The summed E-state index contributed by atoms with van der Waals surface area (Å²) < 4.78 is 18.5. The van der Waals surface area contributed by atoms with Crippen LogP contribution in [0.3, 0.4) is 0 Å². The number of hydrogen-bond donors (Lipinski definition) is 2. The van der Waals surface area contributed by atoms with Crippen molar-refractivity contribution in [2.45, 2.75) is 12.5 Å². The second-order valence-corrected chi connectivity index (χ2v) is 8.51. The molecule has 3 aromatic carbocycles. The van der Waals surface area contributed by atoms with E-state index in [1.165, 1.54) is 19.2 Å². The number of carbonyl (C=O) groups is 2. The quantitative estimate of drug-likeness (QED) is 0.359. The number of aromatic amines is 1. The van der Waals surface area contributed by atoms with E-state index in [-0.39, 0.29) is 17.4 Å². The number of methoxy groups -OCH3 is 1. The van der Waals surface area contributed by atoms with Crippen LogP contribution in [0.2, 0.25) is 5.02 Å². The lowest BCUT2D eigenvalue weighted by atomic mass is 9.92. The number of hydrogen-bond acceptors (Lipinski definition) is 3. The van der Waals surface area contributed by atoms with Gasteiger partial charge in [0.15, 0.2) is 0 Å². The number of carbonyl (C=O) groups excluding carboxylic acids is 2. The highest BCUT2D eigenvalue weighted by Crippen LogP contribution is 2.39. The van der Waals surface area contributed by atoms with Crippen molar-refractivity contribution in [2.75, 3.05) is 19.0 Å². The maximum atomic E-state index is 13.7. The van der Waals surface area contributed by atoms with Gasteiger partial charge in [0.1, 0.15) is 5.82 Å². The fourth-order valence-electron chi connectivity index (χ4n) is 4.54. The standard InChI is InChI=1S/C26H21ClFN3O3/c1-34-25(32)19-4-2-3-5-21(19)30-26(33)31-13-12-18-20-14-16(27)8-11-22(20)29-23(18)24(31)15-6-9-17(28)10-7-15/h2-11,14,24,29H,12-13H2,1H3,(H,30,33). The van der Waals surface area contributed by atoms with Crippen molar-refractivity contribution < 1.29 is 18.7 Å². The predicted molar refractivity (Wildman–Crippen MR) is 129 cm³/mol. The maximum absolute atomic E-state index is 13.7. The first-order valence-electron chi connectivity index (χ1n) is 10.8. The summed E-state index contributed by atoms with van der Waals surface area (Å²) in [5.41, 5.74) is 4.22. The van der Waals surface area contributed by atoms with Crippen LogP contribution in [0.15, 0.2) is 66.7 Å². The molecule has 1 aromatic heterocycles. The third-order valence-electron chi connectivity index (χ3n) is 6.11. The molecule has 0 aliphatic carbocycles. The third kappa shape index (κ3) is 3.88. The zero-order valence-corrected chi connectivity index (χ0v) is 19.0. The Morgan fingerprint density at radius 1 is 1.12 bits per heavy atom. The molecule has 1 unspecified atom stereocenters. The zero-order chi connectivity index (χ0) is 23.8. The van der Waals surface area contributed by atoms with Crippen LogP contribution in [0.25, 0.3) is 10.9 Å². The minimum atomic E-state index is -0.542. The van der Waals surface area contributed by atoms with Gasteiger partial charge in [-0.25, -0.2) is 14.0 Å². The summed E-state index contributed by atoms with van der Waals surface area (Å²) in [5.74, 6) is -0.898. The Labute approximate surface area is 200 Å². The molecule has 2 N–H and O–H groups in total. The Balaban J connectivity index is 1.57. The lowest BCUT2D eigenvalue weighted by molar-refractivity contribution is 0.0602. The number of nitrogens with one attached hydrogen (secondary N) is 2. The molecule has 5 rings (SSSR count). The van der Waals surface area contributed by atoms with Crippen LogP contribution < -0.4 is 5.32 Å². The van der Waals surface area contributed by atoms with E-state index in [0.29, 0.717) is 23.7 Å². The Kier molecular flexibility index (Phi) is 5.71. The fourth-order valence-corrected chi connectivity index (χ4v) is 4.71. The van der Waals surface area contributed by atoms with E-state index in [4.69, 9.17) is 16.3 Å². The van der Waals surface area contributed by atoms with Crippen molar-refractivity contribution >= 4 is 40.2 Å². The molecule has 0 spiro atoms. The van der Waals surface area contributed by atoms with Crippen LogP contribution in [0.5, 0.6) is 0 Å². The van der Waals surface area contributed by atoms with Crippen LogP contribution >= 0.6 is 11.6 Å². The van der Waals surface area contributed by atoms with Gasteiger partial charge in [0, 0.05) is 28.2 Å². The van der Waals surface area contributed by atoms with Gasteiger partial charge < -0.3 is 19.9 Å². The number of fused-ring (bicyclic) bond motifs is 3. The average Bonchev–Trinajstić information content (AvgIpc) is 3.21. The monoisotopic (exact) mass is 477 g/mol. The first-order valence-corrected chi connectivity index (χ1v) is 11.1. The van der Waals surface area contributed by atoms with Gasteiger partial charge in [-0.2, -0.15) is 0 Å². The first-order chi connectivity index (χ1) is 16.5. The van der Waals surface area contributed by atoms with E-state index < -0.39 is 12.0 Å².